The van der Waals surface area contributed by atoms with E-state index in [1.165, 1.54) is 11.1 Å². The van der Waals surface area contributed by atoms with Gasteiger partial charge >= 0.3 is 12.0 Å². The van der Waals surface area contributed by atoms with Crippen LogP contribution in [-0.4, -0.2) is 52.6 Å². The van der Waals surface area contributed by atoms with Crippen molar-refractivity contribution in [3.63, 3.8) is 0 Å². The first kappa shape index (κ1) is 18.9. The molecule has 0 spiro atoms. The molecule has 5 rings (SSSR count). The molecule has 0 bridgehead atoms. The molecule has 0 radical (unpaired) electrons. The summed E-state index contributed by atoms with van der Waals surface area (Å²) in [7, 11) is 0. The van der Waals surface area contributed by atoms with Gasteiger partial charge < -0.3 is 9.64 Å². The summed E-state index contributed by atoms with van der Waals surface area (Å²) in [5, 5.41) is 1.14. The molecule has 2 aliphatic rings. The van der Waals surface area contributed by atoms with Crippen molar-refractivity contribution in [1.29, 1.82) is 0 Å². The highest BCUT2D eigenvalue weighted by molar-refractivity contribution is 5.97. The van der Waals surface area contributed by atoms with Crippen LogP contribution in [0.3, 0.4) is 0 Å². The second-order valence-corrected chi connectivity index (χ2v) is 7.91. The Morgan fingerprint density at radius 2 is 1.87 bits per heavy atom. The second kappa shape index (κ2) is 7.61. The summed E-state index contributed by atoms with van der Waals surface area (Å²) in [6.07, 6.45) is 0.914. The number of esters is 1. The molecule has 0 saturated heterocycles. The van der Waals surface area contributed by atoms with Gasteiger partial charge in [-0.2, -0.15) is 0 Å². The average Bonchev–Trinajstić information content (AvgIpc) is 3.10. The van der Waals surface area contributed by atoms with Crippen LogP contribution in [-0.2, 0) is 22.5 Å². The molecule has 3 aromatic rings. The van der Waals surface area contributed by atoms with Gasteiger partial charge in [0.2, 0.25) is 0 Å². The van der Waals surface area contributed by atoms with Gasteiger partial charge in [-0.25, -0.2) is 4.79 Å². The van der Waals surface area contributed by atoms with Crippen molar-refractivity contribution >= 4 is 22.9 Å². The van der Waals surface area contributed by atoms with E-state index in [4.69, 9.17) is 4.74 Å². The van der Waals surface area contributed by atoms with E-state index < -0.39 is 0 Å². The van der Waals surface area contributed by atoms with Crippen LogP contribution in [0.25, 0.3) is 10.9 Å². The van der Waals surface area contributed by atoms with Crippen LogP contribution < -0.4 is 0 Å². The summed E-state index contributed by atoms with van der Waals surface area (Å²) in [6, 6.07) is 18.4. The van der Waals surface area contributed by atoms with Crippen LogP contribution in [0.5, 0.6) is 0 Å². The van der Waals surface area contributed by atoms with Crippen molar-refractivity contribution in [2.75, 3.05) is 26.2 Å². The predicted molar refractivity (Wildman–Crippen MR) is 114 cm³/mol. The Balaban J connectivity index is 1.58. The quantitative estimate of drug-likeness (QED) is 0.611. The number of amides is 1. The van der Waals surface area contributed by atoms with E-state index in [1.807, 2.05) is 28.8 Å². The number of para-hydroxylation sites is 1. The fraction of sp³-hybridized carbons (Fsp3) is 0.333. The number of hydrogen-bond acceptors (Lipinski definition) is 4. The fourth-order valence-electron chi connectivity index (χ4n) is 4.86. The molecule has 1 atom stereocenters. The number of nitrogens with zero attached hydrogens (tertiary/aromatic N) is 3. The first-order valence-corrected chi connectivity index (χ1v) is 10.5. The Labute approximate surface area is 175 Å². The summed E-state index contributed by atoms with van der Waals surface area (Å²) in [6.45, 7) is 4.29. The number of rotatable bonds is 5. The van der Waals surface area contributed by atoms with Crippen molar-refractivity contribution < 1.29 is 14.3 Å². The predicted octanol–water partition coefficient (Wildman–Crippen LogP) is 3.59. The van der Waals surface area contributed by atoms with E-state index in [0.717, 1.165) is 36.1 Å². The van der Waals surface area contributed by atoms with Crippen LogP contribution in [0.1, 0.15) is 29.8 Å². The van der Waals surface area contributed by atoms with Crippen LogP contribution in [0.2, 0.25) is 0 Å². The number of aromatic nitrogens is 1. The zero-order valence-corrected chi connectivity index (χ0v) is 17.1. The number of carbonyl (C=O) groups excluding carboxylic acids is 2. The summed E-state index contributed by atoms with van der Waals surface area (Å²) < 4.78 is 6.95. The van der Waals surface area contributed by atoms with Crippen LogP contribution in [0.15, 0.2) is 54.6 Å². The molecule has 2 aromatic carbocycles. The zero-order valence-electron chi connectivity index (χ0n) is 17.1. The normalized spacial score (nSPS) is 18.5. The lowest BCUT2D eigenvalue weighted by molar-refractivity contribution is -0.144. The number of carbonyl (C=O) groups is 2. The van der Waals surface area contributed by atoms with Crippen molar-refractivity contribution in [3.8, 4) is 0 Å². The lowest BCUT2D eigenvalue weighted by atomic mass is 9.95. The molecule has 0 fully saturated rings. The van der Waals surface area contributed by atoms with Gasteiger partial charge in [0, 0.05) is 25.0 Å². The second-order valence-electron chi connectivity index (χ2n) is 7.91. The fourth-order valence-corrected chi connectivity index (χ4v) is 4.86. The van der Waals surface area contributed by atoms with E-state index in [1.54, 1.807) is 11.8 Å². The van der Waals surface area contributed by atoms with E-state index in [-0.39, 0.29) is 24.6 Å². The molecular formula is C24H25N3O3. The van der Waals surface area contributed by atoms with Crippen LogP contribution in [0, 0.1) is 0 Å². The standard InChI is InChI=1S/C24H25N3O3/c1-2-30-22(28)16-26-15-21-23-19(12-13-25(21)14-17-8-4-3-5-9-17)18-10-6-7-11-20(18)27(23)24(26)29/h3-11,21H,2,12-16H2,1H3. The molecule has 0 aliphatic carbocycles. The number of hydrogen-bond donors (Lipinski definition) is 0. The molecular weight excluding hydrogens is 378 g/mol. The lowest BCUT2D eigenvalue weighted by Gasteiger charge is -2.42. The molecule has 6 nitrogen and oxygen atoms in total. The third-order valence-electron chi connectivity index (χ3n) is 6.13. The third kappa shape index (κ3) is 3.08. The summed E-state index contributed by atoms with van der Waals surface area (Å²) >= 11 is 0. The van der Waals surface area contributed by atoms with Gasteiger partial charge in [-0.05, 0) is 30.5 Å². The molecule has 0 saturated carbocycles. The maximum Gasteiger partial charge on any atom is 0.329 e. The third-order valence-corrected chi connectivity index (χ3v) is 6.13. The van der Waals surface area contributed by atoms with Gasteiger partial charge in [0.05, 0.1) is 23.9 Å². The molecule has 154 valence electrons. The van der Waals surface area contributed by atoms with Gasteiger partial charge in [0.25, 0.3) is 0 Å². The highest BCUT2D eigenvalue weighted by Gasteiger charge is 2.41. The Bertz CT molecular complexity index is 1110. The number of ether oxygens (including phenoxy) is 1. The minimum Gasteiger partial charge on any atom is -0.465 e. The topological polar surface area (TPSA) is 54.8 Å². The average molecular weight is 403 g/mol. The lowest BCUT2D eigenvalue weighted by Crippen LogP contribution is -2.52. The van der Waals surface area contributed by atoms with E-state index >= 15 is 0 Å². The van der Waals surface area contributed by atoms with Crippen LogP contribution >= 0.6 is 0 Å². The molecule has 2 aliphatic heterocycles. The molecule has 3 heterocycles. The highest BCUT2D eigenvalue weighted by atomic mass is 16.5. The first-order valence-electron chi connectivity index (χ1n) is 10.5. The summed E-state index contributed by atoms with van der Waals surface area (Å²) in [5.74, 6) is -0.364. The Hall–Kier alpha value is -3.12. The van der Waals surface area contributed by atoms with E-state index in [9.17, 15) is 9.59 Å². The summed E-state index contributed by atoms with van der Waals surface area (Å²) in [4.78, 5) is 29.6. The van der Waals surface area contributed by atoms with Gasteiger partial charge in [-0.1, -0.05) is 48.5 Å². The Morgan fingerprint density at radius 3 is 2.67 bits per heavy atom. The minimum atomic E-state index is -0.364. The zero-order chi connectivity index (χ0) is 20.7. The minimum absolute atomic E-state index is 0.0242. The van der Waals surface area contributed by atoms with Gasteiger partial charge in [-0.3, -0.25) is 14.3 Å². The van der Waals surface area contributed by atoms with Crippen molar-refractivity contribution in [2.24, 2.45) is 0 Å². The number of fused-ring (bicyclic) bond motifs is 3. The smallest absolute Gasteiger partial charge is 0.329 e. The first-order chi connectivity index (χ1) is 14.7. The molecule has 0 N–H and O–H groups in total. The maximum atomic E-state index is 13.4. The Kier molecular flexibility index (Phi) is 4.79. The van der Waals surface area contributed by atoms with E-state index in [0.29, 0.717) is 13.2 Å². The molecule has 6 heteroatoms. The van der Waals surface area contributed by atoms with Gasteiger partial charge in [0.1, 0.15) is 6.54 Å². The number of benzene rings is 2. The molecule has 1 aromatic heterocycles. The molecule has 1 amide bonds. The monoisotopic (exact) mass is 403 g/mol. The van der Waals surface area contributed by atoms with E-state index in [2.05, 4.69) is 35.2 Å². The van der Waals surface area contributed by atoms with Gasteiger partial charge in [-0.15, -0.1) is 0 Å². The largest absolute Gasteiger partial charge is 0.465 e. The van der Waals surface area contributed by atoms with Crippen LogP contribution in [0.4, 0.5) is 4.79 Å². The van der Waals surface area contributed by atoms with Crippen molar-refractivity contribution in [2.45, 2.75) is 25.9 Å². The van der Waals surface area contributed by atoms with Crippen molar-refractivity contribution in [3.05, 3.63) is 71.4 Å². The SMILES string of the molecule is CCOC(=O)CN1CC2c3c(c4ccccc4n3C1=O)CCN2Cc1ccccc1. The molecule has 30 heavy (non-hydrogen) atoms. The molecule has 1 unspecified atom stereocenters. The highest BCUT2D eigenvalue weighted by Crippen LogP contribution is 2.40. The van der Waals surface area contributed by atoms with Crippen molar-refractivity contribution in [1.82, 2.24) is 14.4 Å². The maximum absolute atomic E-state index is 13.4. The van der Waals surface area contributed by atoms with Gasteiger partial charge in [0.15, 0.2) is 0 Å². The Morgan fingerprint density at radius 1 is 1.10 bits per heavy atom. The summed E-state index contributed by atoms with van der Waals surface area (Å²) in [5.41, 5.74) is 4.53.